The molecule has 0 amide bonds. The largest absolute Gasteiger partial charge is 0.480 e. The van der Waals surface area contributed by atoms with Crippen LogP contribution in [0.25, 0.3) is 11.4 Å². The van der Waals surface area contributed by atoms with E-state index in [1.165, 1.54) is 11.6 Å². The molecular formula is C10H8ClIN4O2. The Bertz CT molecular complexity index is 601. The van der Waals surface area contributed by atoms with Crippen molar-refractivity contribution in [3.05, 3.63) is 26.8 Å². The lowest BCUT2D eigenvalue weighted by Gasteiger charge is -2.09. The van der Waals surface area contributed by atoms with Crippen LogP contribution < -0.4 is 0 Å². The van der Waals surface area contributed by atoms with E-state index >= 15 is 0 Å². The molecule has 0 spiro atoms. The highest BCUT2D eigenvalue weighted by Gasteiger charge is 2.21. The summed E-state index contributed by atoms with van der Waals surface area (Å²) in [6, 6.07) is 4.44. The van der Waals surface area contributed by atoms with Gasteiger partial charge in [0, 0.05) is 14.2 Å². The predicted octanol–water partition coefficient (Wildman–Crippen LogP) is 2.24. The highest BCUT2D eigenvalue weighted by Crippen LogP contribution is 2.27. The predicted molar refractivity (Wildman–Crippen MR) is 73.3 cm³/mol. The standard InChI is InChI=1S/C10H8ClIN4O2/c1-5(10(17)18)16-9(13-14-15-16)7-4-6(11)2-3-8(7)12/h2-5H,1H3,(H,17,18). The zero-order valence-corrected chi connectivity index (χ0v) is 12.1. The van der Waals surface area contributed by atoms with Gasteiger partial charge in [0.1, 0.15) is 0 Å². The molecule has 0 aliphatic carbocycles. The minimum atomic E-state index is -0.999. The van der Waals surface area contributed by atoms with Crippen molar-refractivity contribution in [1.29, 1.82) is 0 Å². The minimum absolute atomic E-state index is 0.386. The van der Waals surface area contributed by atoms with Crippen LogP contribution in [0.2, 0.25) is 5.02 Å². The number of hydrogen-bond acceptors (Lipinski definition) is 4. The van der Waals surface area contributed by atoms with Crippen LogP contribution in [0.3, 0.4) is 0 Å². The summed E-state index contributed by atoms with van der Waals surface area (Å²) in [7, 11) is 0. The molecule has 0 saturated carbocycles. The summed E-state index contributed by atoms with van der Waals surface area (Å²) in [5.41, 5.74) is 0.709. The SMILES string of the molecule is CC(C(=O)O)n1nnnc1-c1cc(Cl)ccc1I. The van der Waals surface area contributed by atoms with E-state index in [0.29, 0.717) is 16.4 Å². The van der Waals surface area contributed by atoms with Crippen molar-refractivity contribution in [2.75, 3.05) is 0 Å². The number of hydrogen-bond donors (Lipinski definition) is 1. The molecule has 1 heterocycles. The van der Waals surface area contributed by atoms with Crippen LogP contribution >= 0.6 is 34.2 Å². The number of carboxylic acid groups (broad SMARTS) is 1. The smallest absolute Gasteiger partial charge is 0.328 e. The van der Waals surface area contributed by atoms with Crippen LogP contribution in [-0.2, 0) is 4.79 Å². The normalized spacial score (nSPS) is 12.4. The summed E-state index contributed by atoms with van der Waals surface area (Å²) in [4.78, 5) is 11.0. The Morgan fingerprint density at radius 2 is 2.28 bits per heavy atom. The summed E-state index contributed by atoms with van der Waals surface area (Å²) >= 11 is 8.05. The van der Waals surface area contributed by atoms with Crippen LogP contribution in [0, 0.1) is 3.57 Å². The van der Waals surface area contributed by atoms with E-state index in [4.69, 9.17) is 16.7 Å². The van der Waals surface area contributed by atoms with Crippen LogP contribution in [0.1, 0.15) is 13.0 Å². The minimum Gasteiger partial charge on any atom is -0.480 e. The second kappa shape index (κ2) is 5.19. The summed E-state index contributed by atoms with van der Waals surface area (Å²) in [6.45, 7) is 1.51. The Morgan fingerprint density at radius 1 is 1.56 bits per heavy atom. The Morgan fingerprint density at radius 3 is 2.94 bits per heavy atom. The van der Waals surface area contributed by atoms with E-state index in [-0.39, 0.29) is 0 Å². The fraction of sp³-hybridized carbons (Fsp3) is 0.200. The first kappa shape index (κ1) is 13.2. The van der Waals surface area contributed by atoms with E-state index in [1.54, 1.807) is 12.1 Å². The quantitative estimate of drug-likeness (QED) is 0.829. The molecule has 0 bridgehead atoms. The van der Waals surface area contributed by atoms with Crippen molar-refractivity contribution in [3.8, 4) is 11.4 Å². The average molecular weight is 379 g/mol. The van der Waals surface area contributed by atoms with Crippen LogP contribution in [0.4, 0.5) is 0 Å². The lowest BCUT2D eigenvalue weighted by Crippen LogP contribution is -2.18. The molecule has 1 aromatic heterocycles. The summed E-state index contributed by atoms with van der Waals surface area (Å²) in [5, 5.41) is 20.7. The second-order valence-corrected chi connectivity index (χ2v) is 5.18. The van der Waals surface area contributed by atoms with Gasteiger partial charge >= 0.3 is 5.97 Å². The monoisotopic (exact) mass is 378 g/mol. The molecule has 0 aliphatic heterocycles. The molecule has 1 atom stereocenters. The molecule has 18 heavy (non-hydrogen) atoms. The first-order chi connectivity index (χ1) is 8.50. The number of tetrazole rings is 1. The van der Waals surface area contributed by atoms with Gasteiger partial charge in [-0.25, -0.2) is 9.48 Å². The van der Waals surface area contributed by atoms with Crippen molar-refractivity contribution in [2.45, 2.75) is 13.0 Å². The summed E-state index contributed by atoms with van der Waals surface area (Å²) in [6.07, 6.45) is 0. The van der Waals surface area contributed by atoms with Crippen LogP contribution in [0.5, 0.6) is 0 Å². The maximum absolute atomic E-state index is 11.0. The van der Waals surface area contributed by atoms with E-state index in [0.717, 1.165) is 3.57 Å². The molecule has 0 fully saturated rings. The third-order valence-electron chi connectivity index (χ3n) is 2.39. The van der Waals surface area contributed by atoms with E-state index < -0.39 is 12.0 Å². The van der Waals surface area contributed by atoms with Crippen LogP contribution in [-0.4, -0.2) is 31.3 Å². The van der Waals surface area contributed by atoms with Gasteiger partial charge in [0.25, 0.3) is 0 Å². The summed E-state index contributed by atoms with van der Waals surface area (Å²) < 4.78 is 2.15. The van der Waals surface area contributed by atoms with Gasteiger partial charge in [-0.15, -0.1) is 5.10 Å². The van der Waals surface area contributed by atoms with E-state index in [9.17, 15) is 4.79 Å². The number of carbonyl (C=O) groups is 1. The van der Waals surface area contributed by atoms with Gasteiger partial charge < -0.3 is 5.11 Å². The molecule has 0 aliphatic rings. The number of carboxylic acids is 1. The molecule has 94 valence electrons. The number of benzene rings is 1. The van der Waals surface area contributed by atoms with Gasteiger partial charge in [0.15, 0.2) is 11.9 Å². The fourth-order valence-corrected chi connectivity index (χ4v) is 2.15. The first-order valence-corrected chi connectivity index (χ1v) is 6.42. The first-order valence-electron chi connectivity index (χ1n) is 4.97. The van der Waals surface area contributed by atoms with E-state index in [2.05, 4.69) is 38.1 Å². The number of aromatic nitrogens is 4. The van der Waals surface area contributed by atoms with Crippen molar-refractivity contribution >= 4 is 40.2 Å². The van der Waals surface area contributed by atoms with E-state index in [1.807, 2.05) is 6.07 Å². The number of rotatable bonds is 3. The van der Waals surface area contributed by atoms with Gasteiger partial charge in [0.05, 0.1) is 0 Å². The lowest BCUT2D eigenvalue weighted by molar-refractivity contribution is -0.140. The Hall–Kier alpha value is -1.22. The second-order valence-electron chi connectivity index (χ2n) is 3.59. The zero-order valence-electron chi connectivity index (χ0n) is 9.21. The molecular weight excluding hydrogens is 370 g/mol. The Labute approximate surface area is 121 Å². The maximum atomic E-state index is 11.0. The molecule has 0 radical (unpaired) electrons. The van der Waals surface area contributed by atoms with Gasteiger partial charge in [-0.3, -0.25) is 0 Å². The molecule has 0 saturated heterocycles. The van der Waals surface area contributed by atoms with Gasteiger partial charge in [-0.1, -0.05) is 11.6 Å². The van der Waals surface area contributed by atoms with Crippen molar-refractivity contribution < 1.29 is 9.90 Å². The van der Waals surface area contributed by atoms with Crippen molar-refractivity contribution in [3.63, 3.8) is 0 Å². The zero-order chi connectivity index (χ0) is 13.3. The van der Waals surface area contributed by atoms with Crippen molar-refractivity contribution in [1.82, 2.24) is 20.2 Å². The third kappa shape index (κ3) is 2.46. The maximum Gasteiger partial charge on any atom is 0.328 e. The molecule has 8 heteroatoms. The van der Waals surface area contributed by atoms with Crippen LogP contribution in [0.15, 0.2) is 18.2 Å². The topological polar surface area (TPSA) is 80.9 Å². The Balaban J connectivity index is 2.55. The molecule has 1 N–H and O–H groups in total. The van der Waals surface area contributed by atoms with Crippen molar-refractivity contribution in [2.24, 2.45) is 0 Å². The lowest BCUT2D eigenvalue weighted by atomic mass is 10.2. The van der Waals surface area contributed by atoms with Gasteiger partial charge in [0.2, 0.25) is 0 Å². The average Bonchev–Trinajstić information content (AvgIpc) is 2.80. The number of halogens is 2. The molecule has 1 aromatic carbocycles. The third-order valence-corrected chi connectivity index (χ3v) is 3.56. The molecule has 6 nitrogen and oxygen atoms in total. The highest BCUT2D eigenvalue weighted by molar-refractivity contribution is 14.1. The molecule has 2 aromatic rings. The molecule has 1 unspecified atom stereocenters. The van der Waals surface area contributed by atoms with Gasteiger partial charge in [-0.05, 0) is 58.1 Å². The van der Waals surface area contributed by atoms with Gasteiger partial charge in [-0.2, -0.15) is 0 Å². The Kier molecular flexibility index (Phi) is 3.81. The summed E-state index contributed by atoms with van der Waals surface area (Å²) in [5.74, 6) is -0.614. The fourth-order valence-electron chi connectivity index (χ4n) is 1.41. The molecule has 2 rings (SSSR count). The highest BCUT2D eigenvalue weighted by atomic mass is 127. The number of nitrogens with zero attached hydrogens (tertiary/aromatic N) is 4. The number of aliphatic carboxylic acids is 1.